The van der Waals surface area contributed by atoms with E-state index >= 15 is 0 Å². The molecule has 3 rings (SSSR count). The Kier molecular flexibility index (Phi) is 2.99. The Hall–Kier alpha value is -2.61. The van der Waals surface area contributed by atoms with Crippen LogP contribution in [0.25, 0.3) is 22.3 Å². The van der Waals surface area contributed by atoms with Gasteiger partial charge in [-0.1, -0.05) is 48.5 Å². The highest BCUT2D eigenvalue weighted by Crippen LogP contribution is 2.28. The lowest BCUT2D eigenvalue weighted by Gasteiger charge is -2.07. The molecule has 0 radical (unpaired) electrons. The number of aromatic nitrogens is 1. The maximum atomic E-state index is 5.93. The highest BCUT2D eigenvalue weighted by atomic mass is 14.8. The van der Waals surface area contributed by atoms with Gasteiger partial charge in [-0.2, -0.15) is 0 Å². The summed E-state index contributed by atoms with van der Waals surface area (Å²) in [6.45, 7) is 0. The standard InChI is InChI=1S/C17H14N2/c18-17-16(10-5-11-19-17)15-9-4-8-14(12-15)13-6-2-1-3-7-13/h1-12H,(H2,18,19). The van der Waals surface area contributed by atoms with Crippen LogP contribution in [0.3, 0.4) is 0 Å². The molecular weight excluding hydrogens is 232 g/mol. The Balaban J connectivity index is 2.09. The molecule has 2 aromatic carbocycles. The molecule has 0 unspecified atom stereocenters. The first kappa shape index (κ1) is 11.5. The summed E-state index contributed by atoms with van der Waals surface area (Å²) in [6.07, 6.45) is 1.71. The fourth-order valence-electron chi connectivity index (χ4n) is 2.16. The lowest BCUT2D eigenvalue weighted by molar-refractivity contribution is 1.34. The molecule has 0 amide bonds. The van der Waals surface area contributed by atoms with Gasteiger partial charge in [-0.3, -0.25) is 0 Å². The maximum absolute atomic E-state index is 5.93. The van der Waals surface area contributed by atoms with Gasteiger partial charge >= 0.3 is 0 Å². The van der Waals surface area contributed by atoms with Crippen molar-refractivity contribution < 1.29 is 0 Å². The fraction of sp³-hybridized carbons (Fsp3) is 0. The summed E-state index contributed by atoms with van der Waals surface area (Å²) in [7, 11) is 0. The van der Waals surface area contributed by atoms with Crippen molar-refractivity contribution in [3.8, 4) is 22.3 Å². The van der Waals surface area contributed by atoms with Crippen LogP contribution in [0.1, 0.15) is 0 Å². The molecule has 0 saturated carbocycles. The minimum absolute atomic E-state index is 0.563. The number of nitrogen functional groups attached to an aromatic ring is 1. The lowest BCUT2D eigenvalue weighted by atomic mass is 9.99. The van der Waals surface area contributed by atoms with E-state index < -0.39 is 0 Å². The molecule has 3 aromatic rings. The number of hydrogen-bond acceptors (Lipinski definition) is 2. The first-order valence-electron chi connectivity index (χ1n) is 6.21. The molecule has 0 spiro atoms. The van der Waals surface area contributed by atoms with Gasteiger partial charge < -0.3 is 5.73 Å². The molecular formula is C17H14N2. The van der Waals surface area contributed by atoms with Crippen LogP contribution in [0.2, 0.25) is 0 Å². The Labute approximate surface area is 112 Å². The molecule has 2 heteroatoms. The van der Waals surface area contributed by atoms with Crippen LogP contribution in [-0.4, -0.2) is 4.98 Å². The molecule has 0 atom stereocenters. The molecule has 19 heavy (non-hydrogen) atoms. The summed E-state index contributed by atoms with van der Waals surface area (Å²) in [5.41, 5.74) is 10.4. The van der Waals surface area contributed by atoms with Gasteiger partial charge in [0.2, 0.25) is 0 Å². The normalized spacial score (nSPS) is 10.3. The molecule has 2 nitrogen and oxygen atoms in total. The zero-order valence-corrected chi connectivity index (χ0v) is 10.5. The van der Waals surface area contributed by atoms with Crippen molar-refractivity contribution in [1.29, 1.82) is 0 Å². The number of pyridine rings is 1. The van der Waals surface area contributed by atoms with Crippen molar-refractivity contribution in [3.05, 3.63) is 72.9 Å². The third-order valence-corrected chi connectivity index (χ3v) is 3.12. The van der Waals surface area contributed by atoms with Gasteiger partial charge in [0.1, 0.15) is 5.82 Å². The summed E-state index contributed by atoms with van der Waals surface area (Å²) >= 11 is 0. The number of hydrogen-bond donors (Lipinski definition) is 1. The van der Waals surface area contributed by atoms with Crippen molar-refractivity contribution >= 4 is 5.82 Å². The first-order valence-corrected chi connectivity index (χ1v) is 6.21. The van der Waals surface area contributed by atoms with Crippen molar-refractivity contribution in [2.24, 2.45) is 0 Å². The molecule has 2 N–H and O–H groups in total. The van der Waals surface area contributed by atoms with Crippen molar-refractivity contribution in [1.82, 2.24) is 4.98 Å². The van der Waals surface area contributed by atoms with Crippen molar-refractivity contribution in [2.45, 2.75) is 0 Å². The molecule has 1 heterocycles. The molecule has 1 aromatic heterocycles. The van der Waals surface area contributed by atoms with E-state index in [1.807, 2.05) is 36.4 Å². The topological polar surface area (TPSA) is 38.9 Å². The van der Waals surface area contributed by atoms with E-state index in [1.54, 1.807) is 6.20 Å². The van der Waals surface area contributed by atoms with Gasteiger partial charge in [0.25, 0.3) is 0 Å². The minimum Gasteiger partial charge on any atom is -0.383 e. The van der Waals surface area contributed by atoms with Crippen LogP contribution in [0.4, 0.5) is 5.82 Å². The predicted octanol–water partition coefficient (Wildman–Crippen LogP) is 4.00. The third-order valence-electron chi connectivity index (χ3n) is 3.12. The van der Waals surface area contributed by atoms with Crippen LogP contribution >= 0.6 is 0 Å². The number of nitrogens with two attached hydrogens (primary N) is 1. The smallest absolute Gasteiger partial charge is 0.131 e. The average molecular weight is 246 g/mol. The minimum atomic E-state index is 0.563. The zero-order valence-electron chi connectivity index (χ0n) is 10.5. The third kappa shape index (κ3) is 2.33. The van der Waals surface area contributed by atoms with Crippen molar-refractivity contribution in [3.63, 3.8) is 0 Å². The van der Waals surface area contributed by atoms with Crippen LogP contribution < -0.4 is 5.73 Å². The molecule has 0 aliphatic rings. The van der Waals surface area contributed by atoms with Gasteiger partial charge in [0.15, 0.2) is 0 Å². The van der Waals surface area contributed by atoms with E-state index in [4.69, 9.17) is 5.73 Å². The molecule has 0 fully saturated rings. The van der Waals surface area contributed by atoms with Crippen LogP contribution in [0.15, 0.2) is 72.9 Å². The second-order valence-corrected chi connectivity index (χ2v) is 4.38. The summed E-state index contributed by atoms with van der Waals surface area (Å²) < 4.78 is 0. The second-order valence-electron chi connectivity index (χ2n) is 4.38. The maximum Gasteiger partial charge on any atom is 0.131 e. The average Bonchev–Trinajstić information content (AvgIpc) is 2.49. The monoisotopic (exact) mass is 246 g/mol. The van der Waals surface area contributed by atoms with E-state index in [9.17, 15) is 0 Å². The highest BCUT2D eigenvalue weighted by molar-refractivity contribution is 5.78. The Bertz CT molecular complexity index is 690. The van der Waals surface area contributed by atoms with Gasteiger partial charge in [-0.15, -0.1) is 0 Å². The van der Waals surface area contributed by atoms with Gasteiger partial charge in [0, 0.05) is 11.8 Å². The van der Waals surface area contributed by atoms with Crippen LogP contribution in [0.5, 0.6) is 0 Å². The first-order chi connectivity index (χ1) is 9.34. The highest BCUT2D eigenvalue weighted by Gasteiger charge is 2.04. The van der Waals surface area contributed by atoms with E-state index in [1.165, 1.54) is 11.1 Å². The zero-order chi connectivity index (χ0) is 13.1. The van der Waals surface area contributed by atoms with E-state index in [0.717, 1.165) is 11.1 Å². The number of anilines is 1. The van der Waals surface area contributed by atoms with Crippen molar-refractivity contribution in [2.75, 3.05) is 5.73 Å². The largest absolute Gasteiger partial charge is 0.383 e. The van der Waals surface area contributed by atoms with Crippen LogP contribution in [-0.2, 0) is 0 Å². The Morgan fingerprint density at radius 2 is 1.42 bits per heavy atom. The van der Waals surface area contributed by atoms with E-state index in [2.05, 4.69) is 35.3 Å². The Morgan fingerprint density at radius 3 is 2.21 bits per heavy atom. The Morgan fingerprint density at radius 1 is 0.684 bits per heavy atom. The summed E-state index contributed by atoms with van der Waals surface area (Å²) in [4.78, 5) is 4.14. The summed E-state index contributed by atoms with van der Waals surface area (Å²) in [5.74, 6) is 0.563. The quantitative estimate of drug-likeness (QED) is 0.742. The fourth-order valence-corrected chi connectivity index (χ4v) is 2.16. The van der Waals surface area contributed by atoms with E-state index in [-0.39, 0.29) is 0 Å². The molecule has 0 bridgehead atoms. The second kappa shape index (κ2) is 4.94. The summed E-state index contributed by atoms with van der Waals surface area (Å²) in [6, 6.07) is 22.6. The SMILES string of the molecule is Nc1ncccc1-c1cccc(-c2ccccc2)c1. The number of nitrogens with zero attached hydrogens (tertiary/aromatic N) is 1. The molecule has 92 valence electrons. The summed E-state index contributed by atoms with van der Waals surface area (Å²) in [5, 5.41) is 0. The van der Waals surface area contributed by atoms with Gasteiger partial charge in [0.05, 0.1) is 0 Å². The predicted molar refractivity (Wildman–Crippen MR) is 79.5 cm³/mol. The van der Waals surface area contributed by atoms with Gasteiger partial charge in [-0.25, -0.2) is 4.98 Å². The molecule has 0 saturated heterocycles. The number of rotatable bonds is 2. The van der Waals surface area contributed by atoms with Crippen LogP contribution in [0, 0.1) is 0 Å². The van der Waals surface area contributed by atoms with Gasteiger partial charge in [-0.05, 0) is 34.9 Å². The molecule has 0 aliphatic heterocycles. The molecule has 0 aliphatic carbocycles. The number of benzene rings is 2. The lowest BCUT2D eigenvalue weighted by Crippen LogP contribution is -1.93. The van der Waals surface area contributed by atoms with E-state index in [0.29, 0.717) is 5.82 Å².